The van der Waals surface area contributed by atoms with Crippen LogP contribution in [0.1, 0.15) is 5.56 Å². The minimum atomic E-state index is -0.839. The number of amides is 1. The number of nitrogens with zero attached hydrogens (tertiary/aromatic N) is 2. The highest BCUT2D eigenvalue weighted by atomic mass is 16.4. The molecule has 0 unspecified atom stereocenters. The van der Waals surface area contributed by atoms with Gasteiger partial charge in [0, 0.05) is 26.2 Å². The van der Waals surface area contributed by atoms with Gasteiger partial charge in [-0.1, -0.05) is 12.1 Å². The number of rotatable bonds is 4. The number of piperazine rings is 1. The highest BCUT2D eigenvalue weighted by molar-refractivity contribution is 5.79. The van der Waals surface area contributed by atoms with Crippen molar-refractivity contribution < 1.29 is 19.8 Å². The first-order valence-electron chi connectivity index (χ1n) is 6.54. The van der Waals surface area contributed by atoms with Crippen molar-refractivity contribution in [3.05, 3.63) is 29.8 Å². The summed E-state index contributed by atoms with van der Waals surface area (Å²) in [4.78, 5) is 26.3. The standard InChI is InChI=1S/C14H18N2O4/c17-12-3-1-11(2-4-12)9-13(18)16-7-5-15(6-8-16)10-14(19)20/h1-4,17H,5-10H2,(H,19,20). The molecule has 1 heterocycles. The molecule has 6 nitrogen and oxygen atoms in total. The molecule has 0 atom stereocenters. The lowest BCUT2D eigenvalue weighted by atomic mass is 10.1. The number of phenolic OH excluding ortho intramolecular Hbond substituents is 1. The highest BCUT2D eigenvalue weighted by Gasteiger charge is 2.22. The van der Waals surface area contributed by atoms with Gasteiger partial charge in [0.05, 0.1) is 13.0 Å². The smallest absolute Gasteiger partial charge is 0.317 e. The number of aliphatic carboxylic acids is 1. The van der Waals surface area contributed by atoms with Gasteiger partial charge in [-0.05, 0) is 17.7 Å². The largest absolute Gasteiger partial charge is 0.508 e. The molecule has 0 aliphatic carbocycles. The Balaban J connectivity index is 1.82. The number of hydrogen-bond acceptors (Lipinski definition) is 4. The average Bonchev–Trinajstić information content (AvgIpc) is 2.41. The number of carbonyl (C=O) groups is 2. The minimum absolute atomic E-state index is 0.0278. The maximum absolute atomic E-state index is 12.1. The fraction of sp³-hybridized carbons (Fsp3) is 0.429. The van der Waals surface area contributed by atoms with Gasteiger partial charge >= 0.3 is 5.97 Å². The summed E-state index contributed by atoms with van der Waals surface area (Å²) in [5, 5.41) is 17.9. The molecule has 6 heteroatoms. The summed E-state index contributed by atoms with van der Waals surface area (Å²) in [6.07, 6.45) is 0.305. The molecule has 2 N–H and O–H groups in total. The van der Waals surface area contributed by atoms with Gasteiger partial charge in [-0.15, -0.1) is 0 Å². The SMILES string of the molecule is O=C(O)CN1CCN(C(=O)Cc2ccc(O)cc2)CC1. The Labute approximate surface area is 117 Å². The lowest BCUT2D eigenvalue weighted by Gasteiger charge is -2.33. The van der Waals surface area contributed by atoms with E-state index in [9.17, 15) is 14.7 Å². The zero-order valence-corrected chi connectivity index (χ0v) is 11.2. The van der Waals surface area contributed by atoms with Gasteiger partial charge in [-0.25, -0.2) is 0 Å². The number of aromatic hydroxyl groups is 1. The number of hydrogen-bond donors (Lipinski definition) is 2. The zero-order chi connectivity index (χ0) is 14.5. The van der Waals surface area contributed by atoms with Gasteiger partial charge in [0.1, 0.15) is 5.75 Å². The summed E-state index contributed by atoms with van der Waals surface area (Å²) in [7, 11) is 0. The Kier molecular flexibility index (Phi) is 4.57. The summed E-state index contributed by atoms with van der Waals surface area (Å²) in [6.45, 7) is 2.33. The Morgan fingerprint density at radius 1 is 1.05 bits per heavy atom. The maximum atomic E-state index is 12.1. The molecule has 0 aromatic heterocycles. The molecule has 1 aliphatic rings. The summed E-state index contributed by atoms with van der Waals surface area (Å²) in [6, 6.07) is 6.59. The van der Waals surface area contributed by atoms with Crippen LogP contribution in [0.25, 0.3) is 0 Å². The Morgan fingerprint density at radius 2 is 1.65 bits per heavy atom. The van der Waals surface area contributed by atoms with E-state index < -0.39 is 5.97 Å². The van der Waals surface area contributed by atoms with Crippen LogP contribution in [0.4, 0.5) is 0 Å². The van der Waals surface area contributed by atoms with Crippen LogP contribution in [0.5, 0.6) is 5.75 Å². The van der Waals surface area contributed by atoms with E-state index in [1.165, 1.54) is 0 Å². The molecule has 1 amide bonds. The first kappa shape index (κ1) is 14.3. The van der Waals surface area contributed by atoms with Gasteiger partial charge in [-0.3, -0.25) is 14.5 Å². The van der Waals surface area contributed by atoms with Crippen LogP contribution in [0.3, 0.4) is 0 Å². The maximum Gasteiger partial charge on any atom is 0.317 e. The summed E-state index contributed by atoms with van der Waals surface area (Å²) in [5.74, 6) is -0.622. The van der Waals surface area contributed by atoms with Crippen molar-refractivity contribution in [1.82, 2.24) is 9.80 Å². The minimum Gasteiger partial charge on any atom is -0.508 e. The molecule has 0 radical (unpaired) electrons. The fourth-order valence-electron chi connectivity index (χ4n) is 2.25. The third kappa shape index (κ3) is 3.96. The number of benzene rings is 1. The van der Waals surface area contributed by atoms with Crippen molar-refractivity contribution in [3.63, 3.8) is 0 Å². The molecule has 1 fully saturated rings. The van der Waals surface area contributed by atoms with Crippen molar-refractivity contribution in [2.75, 3.05) is 32.7 Å². The highest BCUT2D eigenvalue weighted by Crippen LogP contribution is 2.12. The molecular formula is C14H18N2O4. The predicted octanol–water partition coefficient (Wildman–Crippen LogP) is 0.163. The van der Waals surface area contributed by atoms with Crippen LogP contribution in [0, 0.1) is 0 Å². The molecule has 1 aliphatic heterocycles. The van der Waals surface area contributed by atoms with E-state index in [-0.39, 0.29) is 18.2 Å². The Hall–Kier alpha value is -2.08. The van der Waals surface area contributed by atoms with Crippen molar-refractivity contribution in [2.24, 2.45) is 0 Å². The normalized spacial score (nSPS) is 16.1. The van der Waals surface area contributed by atoms with E-state index in [1.807, 2.05) is 4.90 Å². The van der Waals surface area contributed by atoms with Crippen LogP contribution in [0.2, 0.25) is 0 Å². The second-order valence-electron chi connectivity index (χ2n) is 4.89. The summed E-state index contributed by atoms with van der Waals surface area (Å²) >= 11 is 0. The van der Waals surface area contributed by atoms with E-state index >= 15 is 0 Å². The lowest BCUT2D eigenvalue weighted by molar-refractivity contribution is -0.139. The van der Waals surface area contributed by atoms with E-state index in [2.05, 4.69) is 0 Å². The molecule has 1 aromatic rings. The topological polar surface area (TPSA) is 81.1 Å². The number of carbonyl (C=O) groups excluding carboxylic acids is 1. The van der Waals surface area contributed by atoms with Gasteiger partial charge < -0.3 is 15.1 Å². The summed E-state index contributed by atoms with van der Waals surface area (Å²) in [5.41, 5.74) is 0.862. The number of carboxylic acid groups (broad SMARTS) is 1. The summed E-state index contributed by atoms with van der Waals surface area (Å²) < 4.78 is 0. The van der Waals surface area contributed by atoms with Gasteiger partial charge in [-0.2, -0.15) is 0 Å². The van der Waals surface area contributed by atoms with Crippen molar-refractivity contribution in [1.29, 1.82) is 0 Å². The quantitative estimate of drug-likeness (QED) is 0.820. The molecule has 20 heavy (non-hydrogen) atoms. The number of phenols is 1. The molecule has 0 saturated carbocycles. The second-order valence-corrected chi connectivity index (χ2v) is 4.89. The van der Waals surface area contributed by atoms with Crippen LogP contribution >= 0.6 is 0 Å². The molecule has 1 aromatic carbocycles. The van der Waals surface area contributed by atoms with Crippen LogP contribution < -0.4 is 0 Å². The van der Waals surface area contributed by atoms with E-state index in [1.54, 1.807) is 29.2 Å². The first-order chi connectivity index (χ1) is 9.54. The third-order valence-electron chi connectivity index (χ3n) is 3.38. The van der Waals surface area contributed by atoms with Gasteiger partial charge in [0.2, 0.25) is 5.91 Å². The molecule has 108 valence electrons. The van der Waals surface area contributed by atoms with Crippen LogP contribution in [0.15, 0.2) is 24.3 Å². The predicted molar refractivity (Wildman–Crippen MR) is 72.5 cm³/mol. The molecular weight excluding hydrogens is 260 g/mol. The Bertz CT molecular complexity index is 478. The molecule has 2 rings (SSSR count). The monoisotopic (exact) mass is 278 g/mol. The lowest BCUT2D eigenvalue weighted by Crippen LogP contribution is -2.50. The van der Waals surface area contributed by atoms with Crippen LogP contribution in [-0.4, -0.2) is 64.6 Å². The Morgan fingerprint density at radius 3 is 2.20 bits per heavy atom. The van der Waals surface area contributed by atoms with E-state index in [0.29, 0.717) is 32.6 Å². The van der Waals surface area contributed by atoms with Gasteiger partial charge in [0.25, 0.3) is 0 Å². The first-order valence-corrected chi connectivity index (χ1v) is 6.54. The van der Waals surface area contributed by atoms with Crippen molar-refractivity contribution >= 4 is 11.9 Å². The van der Waals surface area contributed by atoms with E-state index in [4.69, 9.17) is 5.11 Å². The molecule has 1 saturated heterocycles. The molecule has 0 spiro atoms. The van der Waals surface area contributed by atoms with Crippen LogP contribution in [-0.2, 0) is 16.0 Å². The second kappa shape index (κ2) is 6.38. The van der Waals surface area contributed by atoms with Crippen molar-refractivity contribution in [3.8, 4) is 5.75 Å². The number of carboxylic acids is 1. The average molecular weight is 278 g/mol. The zero-order valence-electron chi connectivity index (χ0n) is 11.2. The third-order valence-corrected chi connectivity index (χ3v) is 3.38. The fourth-order valence-corrected chi connectivity index (χ4v) is 2.25. The van der Waals surface area contributed by atoms with Gasteiger partial charge in [0.15, 0.2) is 0 Å². The van der Waals surface area contributed by atoms with Crippen molar-refractivity contribution in [2.45, 2.75) is 6.42 Å². The molecule has 0 bridgehead atoms. The van der Waals surface area contributed by atoms with E-state index in [0.717, 1.165) is 5.56 Å².